The van der Waals surface area contributed by atoms with Crippen molar-refractivity contribution >= 4 is 11.6 Å². The first-order valence-electron chi connectivity index (χ1n) is 7.43. The van der Waals surface area contributed by atoms with Gasteiger partial charge >= 0.3 is 0 Å². The van der Waals surface area contributed by atoms with Gasteiger partial charge in [-0.05, 0) is 37.3 Å². The Bertz CT molecular complexity index is 474. The standard InChI is InChI=1S/C16H24N2O2/c1-3-20-14-9-5-8-13(17)15(14)16(19)18-10-12-7-4-6-11(12)2/h5,8-9,11-12H,3-4,6-7,10,17H2,1-2H3,(H,18,19). The fourth-order valence-corrected chi connectivity index (χ4v) is 2.90. The van der Waals surface area contributed by atoms with E-state index in [1.807, 2.05) is 6.92 Å². The van der Waals surface area contributed by atoms with Crippen LogP contribution >= 0.6 is 0 Å². The zero-order valence-electron chi connectivity index (χ0n) is 12.3. The van der Waals surface area contributed by atoms with E-state index in [4.69, 9.17) is 10.5 Å². The number of ether oxygens (including phenoxy) is 1. The van der Waals surface area contributed by atoms with Crippen molar-refractivity contribution in [2.45, 2.75) is 33.1 Å². The summed E-state index contributed by atoms with van der Waals surface area (Å²) in [6.07, 6.45) is 3.72. The fraction of sp³-hybridized carbons (Fsp3) is 0.562. The van der Waals surface area contributed by atoms with Crippen molar-refractivity contribution in [3.05, 3.63) is 23.8 Å². The smallest absolute Gasteiger partial charge is 0.257 e. The van der Waals surface area contributed by atoms with Crippen LogP contribution in [0, 0.1) is 11.8 Å². The molecule has 0 aromatic heterocycles. The molecule has 0 aliphatic heterocycles. The third-order valence-electron chi connectivity index (χ3n) is 4.15. The SMILES string of the molecule is CCOc1cccc(N)c1C(=O)NCC1CCCC1C. The number of hydrogen-bond donors (Lipinski definition) is 2. The van der Waals surface area contributed by atoms with Crippen LogP contribution in [0.4, 0.5) is 5.69 Å². The second-order valence-corrected chi connectivity index (χ2v) is 5.53. The number of carbonyl (C=O) groups excluding carboxylic acids is 1. The second-order valence-electron chi connectivity index (χ2n) is 5.53. The first-order valence-corrected chi connectivity index (χ1v) is 7.43. The second kappa shape index (κ2) is 6.64. The van der Waals surface area contributed by atoms with E-state index in [-0.39, 0.29) is 5.91 Å². The van der Waals surface area contributed by atoms with Gasteiger partial charge in [-0.1, -0.05) is 25.8 Å². The van der Waals surface area contributed by atoms with Crippen LogP contribution in [0.15, 0.2) is 18.2 Å². The number of nitrogens with one attached hydrogen (secondary N) is 1. The lowest BCUT2D eigenvalue weighted by molar-refractivity contribution is 0.0942. The lowest BCUT2D eigenvalue weighted by atomic mass is 9.98. The predicted octanol–water partition coefficient (Wildman–Crippen LogP) is 2.83. The fourth-order valence-electron chi connectivity index (χ4n) is 2.90. The molecule has 0 spiro atoms. The van der Waals surface area contributed by atoms with Gasteiger partial charge in [0.25, 0.3) is 5.91 Å². The molecule has 2 rings (SSSR count). The Balaban J connectivity index is 2.04. The van der Waals surface area contributed by atoms with E-state index in [0.29, 0.717) is 35.4 Å². The monoisotopic (exact) mass is 276 g/mol. The maximum Gasteiger partial charge on any atom is 0.257 e. The van der Waals surface area contributed by atoms with E-state index in [1.54, 1.807) is 18.2 Å². The molecular weight excluding hydrogens is 252 g/mol. The number of nitrogens with two attached hydrogens (primary N) is 1. The summed E-state index contributed by atoms with van der Waals surface area (Å²) in [7, 11) is 0. The van der Waals surface area contributed by atoms with Crippen molar-refractivity contribution in [2.75, 3.05) is 18.9 Å². The Morgan fingerprint density at radius 3 is 2.90 bits per heavy atom. The first kappa shape index (κ1) is 14.7. The van der Waals surface area contributed by atoms with Gasteiger partial charge in [-0.3, -0.25) is 4.79 Å². The van der Waals surface area contributed by atoms with Gasteiger partial charge in [0, 0.05) is 12.2 Å². The van der Waals surface area contributed by atoms with Crippen molar-refractivity contribution in [3.8, 4) is 5.75 Å². The number of amides is 1. The summed E-state index contributed by atoms with van der Waals surface area (Å²) in [5.41, 5.74) is 6.85. The molecule has 1 aromatic carbocycles. The van der Waals surface area contributed by atoms with Gasteiger partial charge in [-0.2, -0.15) is 0 Å². The summed E-state index contributed by atoms with van der Waals surface area (Å²) < 4.78 is 5.49. The van der Waals surface area contributed by atoms with Gasteiger partial charge in [0.2, 0.25) is 0 Å². The number of nitrogen functional groups attached to an aromatic ring is 1. The Morgan fingerprint density at radius 1 is 1.45 bits per heavy atom. The van der Waals surface area contributed by atoms with Crippen molar-refractivity contribution in [2.24, 2.45) is 11.8 Å². The number of hydrogen-bond acceptors (Lipinski definition) is 3. The average molecular weight is 276 g/mol. The minimum absolute atomic E-state index is 0.134. The molecule has 1 aliphatic carbocycles. The largest absolute Gasteiger partial charge is 0.493 e. The molecule has 0 radical (unpaired) electrons. The number of carbonyl (C=O) groups is 1. The number of rotatable bonds is 5. The number of benzene rings is 1. The normalized spacial score (nSPS) is 21.7. The molecule has 4 heteroatoms. The van der Waals surface area contributed by atoms with Gasteiger partial charge < -0.3 is 15.8 Å². The summed E-state index contributed by atoms with van der Waals surface area (Å²) in [6.45, 7) is 5.39. The van der Waals surface area contributed by atoms with Crippen LogP contribution in [-0.4, -0.2) is 19.1 Å². The maximum absolute atomic E-state index is 12.4. The highest BCUT2D eigenvalue weighted by Gasteiger charge is 2.24. The summed E-state index contributed by atoms with van der Waals surface area (Å²) in [5, 5.41) is 3.01. The lowest BCUT2D eigenvalue weighted by Crippen LogP contribution is -2.31. The lowest BCUT2D eigenvalue weighted by Gasteiger charge is -2.17. The van der Waals surface area contributed by atoms with Crippen molar-refractivity contribution in [1.82, 2.24) is 5.32 Å². The first-order chi connectivity index (χ1) is 9.63. The van der Waals surface area contributed by atoms with E-state index in [2.05, 4.69) is 12.2 Å². The van der Waals surface area contributed by atoms with Gasteiger partial charge in [-0.25, -0.2) is 0 Å². The van der Waals surface area contributed by atoms with Crippen molar-refractivity contribution in [1.29, 1.82) is 0 Å². The van der Waals surface area contributed by atoms with Crippen molar-refractivity contribution in [3.63, 3.8) is 0 Å². The third-order valence-corrected chi connectivity index (χ3v) is 4.15. The molecule has 1 aliphatic rings. The molecule has 0 bridgehead atoms. The van der Waals surface area contributed by atoms with Gasteiger partial charge in [0.05, 0.1) is 6.61 Å². The minimum atomic E-state index is -0.134. The quantitative estimate of drug-likeness (QED) is 0.813. The van der Waals surface area contributed by atoms with Crippen LogP contribution in [-0.2, 0) is 0 Å². The van der Waals surface area contributed by atoms with Crippen LogP contribution in [0.1, 0.15) is 43.5 Å². The Kier molecular flexibility index (Phi) is 4.88. The summed E-state index contributed by atoms with van der Waals surface area (Å²) in [4.78, 5) is 12.4. The Labute approximate surface area is 120 Å². The molecule has 1 saturated carbocycles. The molecule has 1 aromatic rings. The predicted molar refractivity (Wildman–Crippen MR) is 80.9 cm³/mol. The summed E-state index contributed by atoms with van der Waals surface area (Å²) >= 11 is 0. The molecule has 0 saturated heterocycles. The molecule has 2 unspecified atom stereocenters. The number of anilines is 1. The zero-order chi connectivity index (χ0) is 14.5. The molecule has 2 atom stereocenters. The van der Waals surface area contributed by atoms with E-state index in [1.165, 1.54) is 19.3 Å². The topological polar surface area (TPSA) is 64.3 Å². The van der Waals surface area contributed by atoms with Crippen molar-refractivity contribution < 1.29 is 9.53 Å². The molecule has 1 amide bonds. The zero-order valence-corrected chi connectivity index (χ0v) is 12.3. The van der Waals surface area contributed by atoms with Crippen LogP contribution < -0.4 is 15.8 Å². The highest BCUT2D eigenvalue weighted by Crippen LogP contribution is 2.31. The molecule has 1 fully saturated rings. The molecule has 3 N–H and O–H groups in total. The maximum atomic E-state index is 12.4. The van der Waals surface area contributed by atoms with E-state index >= 15 is 0 Å². The van der Waals surface area contributed by atoms with E-state index < -0.39 is 0 Å². The van der Waals surface area contributed by atoms with Gasteiger partial charge in [0.1, 0.15) is 11.3 Å². The minimum Gasteiger partial charge on any atom is -0.493 e. The van der Waals surface area contributed by atoms with Crippen LogP contribution in [0.25, 0.3) is 0 Å². The molecule has 110 valence electrons. The Morgan fingerprint density at radius 2 is 2.25 bits per heavy atom. The van der Waals surface area contributed by atoms with E-state index in [0.717, 1.165) is 6.54 Å². The highest BCUT2D eigenvalue weighted by atomic mass is 16.5. The third kappa shape index (κ3) is 3.24. The van der Waals surface area contributed by atoms with E-state index in [9.17, 15) is 4.79 Å². The molecule has 0 heterocycles. The summed E-state index contributed by atoms with van der Waals surface area (Å²) in [6, 6.07) is 5.32. The molecule has 4 nitrogen and oxygen atoms in total. The molecular formula is C16H24N2O2. The van der Waals surface area contributed by atoms with Crippen LogP contribution in [0.5, 0.6) is 5.75 Å². The Hall–Kier alpha value is -1.71. The average Bonchev–Trinajstić information content (AvgIpc) is 2.82. The van der Waals surface area contributed by atoms with Crippen LogP contribution in [0.3, 0.4) is 0 Å². The summed E-state index contributed by atoms with van der Waals surface area (Å²) in [5.74, 6) is 1.70. The van der Waals surface area contributed by atoms with Gasteiger partial charge in [0.15, 0.2) is 0 Å². The van der Waals surface area contributed by atoms with Crippen LogP contribution in [0.2, 0.25) is 0 Å². The van der Waals surface area contributed by atoms with Gasteiger partial charge in [-0.15, -0.1) is 0 Å². The highest BCUT2D eigenvalue weighted by molar-refractivity contribution is 6.01. The molecule has 20 heavy (non-hydrogen) atoms.